The first-order valence-electron chi connectivity index (χ1n) is 6.13. The Bertz CT molecular complexity index is 456. The van der Waals surface area contributed by atoms with E-state index < -0.39 is 5.54 Å². The first kappa shape index (κ1) is 13.3. The average Bonchev–Trinajstić information content (AvgIpc) is 2.81. The van der Waals surface area contributed by atoms with Crippen molar-refractivity contribution in [3.8, 4) is 0 Å². The molecule has 5 heteroatoms. The monoisotopic (exact) mass is 268 g/mol. The van der Waals surface area contributed by atoms with Gasteiger partial charge >= 0.3 is 0 Å². The van der Waals surface area contributed by atoms with Gasteiger partial charge in [0.25, 0.3) is 5.91 Å². The SMILES string of the molecule is Cc1ccc(Cl)nc1C(=O)NC1(CO)CCCC1. The lowest BCUT2D eigenvalue weighted by molar-refractivity contribution is 0.0833. The number of pyridine rings is 1. The highest BCUT2D eigenvalue weighted by molar-refractivity contribution is 6.29. The van der Waals surface area contributed by atoms with Crippen LogP contribution in [0, 0.1) is 6.92 Å². The third-order valence-electron chi connectivity index (χ3n) is 3.52. The maximum absolute atomic E-state index is 12.2. The van der Waals surface area contributed by atoms with Crippen LogP contribution in [0.4, 0.5) is 0 Å². The van der Waals surface area contributed by atoms with Crippen LogP contribution in [-0.4, -0.2) is 28.1 Å². The van der Waals surface area contributed by atoms with E-state index in [1.807, 2.05) is 6.92 Å². The highest BCUT2D eigenvalue weighted by atomic mass is 35.5. The van der Waals surface area contributed by atoms with E-state index in [4.69, 9.17) is 11.6 Å². The minimum absolute atomic E-state index is 0.0294. The molecule has 1 amide bonds. The lowest BCUT2D eigenvalue weighted by Crippen LogP contribution is -2.49. The fraction of sp³-hybridized carbons (Fsp3) is 0.538. The van der Waals surface area contributed by atoms with Crippen molar-refractivity contribution in [3.05, 3.63) is 28.5 Å². The third-order valence-corrected chi connectivity index (χ3v) is 3.73. The summed E-state index contributed by atoms with van der Waals surface area (Å²) in [6.07, 6.45) is 3.69. The number of nitrogens with one attached hydrogen (secondary N) is 1. The fourth-order valence-corrected chi connectivity index (χ4v) is 2.56. The van der Waals surface area contributed by atoms with Crippen molar-refractivity contribution in [2.75, 3.05) is 6.61 Å². The number of nitrogens with zero attached hydrogens (tertiary/aromatic N) is 1. The number of aliphatic hydroxyl groups is 1. The zero-order valence-corrected chi connectivity index (χ0v) is 11.1. The van der Waals surface area contributed by atoms with Gasteiger partial charge < -0.3 is 10.4 Å². The Labute approximate surface area is 111 Å². The van der Waals surface area contributed by atoms with Gasteiger partial charge in [0.05, 0.1) is 12.1 Å². The van der Waals surface area contributed by atoms with Gasteiger partial charge in [-0.1, -0.05) is 30.5 Å². The van der Waals surface area contributed by atoms with E-state index in [1.165, 1.54) is 0 Å². The Hall–Kier alpha value is -1.13. The molecule has 0 atom stereocenters. The largest absolute Gasteiger partial charge is 0.394 e. The summed E-state index contributed by atoms with van der Waals surface area (Å²) in [4.78, 5) is 16.2. The van der Waals surface area contributed by atoms with Gasteiger partial charge in [0.2, 0.25) is 0 Å². The van der Waals surface area contributed by atoms with Crippen molar-refractivity contribution < 1.29 is 9.90 Å². The van der Waals surface area contributed by atoms with Gasteiger partial charge in [0.1, 0.15) is 10.8 Å². The fourth-order valence-electron chi connectivity index (χ4n) is 2.41. The Morgan fingerprint density at radius 1 is 1.50 bits per heavy atom. The van der Waals surface area contributed by atoms with Crippen molar-refractivity contribution in [2.24, 2.45) is 0 Å². The number of aliphatic hydroxyl groups excluding tert-OH is 1. The van der Waals surface area contributed by atoms with Gasteiger partial charge in [-0.05, 0) is 31.4 Å². The molecule has 0 aliphatic heterocycles. The predicted molar refractivity (Wildman–Crippen MR) is 69.7 cm³/mol. The molecule has 98 valence electrons. The number of carbonyl (C=O) groups is 1. The Morgan fingerprint density at radius 2 is 2.17 bits per heavy atom. The minimum Gasteiger partial charge on any atom is -0.394 e. The molecule has 1 aliphatic carbocycles. The summed E-state index contributed by atoms with van der Waals surface area (Å²) >= 11 is 5.81. The van der Waals surface area contributed by atoms with Crippen LogP contribution >= 0.6 is 11.6 Å². The summed E-state index contributed by atoms with van der Waals surface area (Å²) in [6, 6.07) is 3.43. The maximum atomic E-state index is 12.2. The van der Waals surface area contributed by atoms with Crippen molar-refractivity contribution in [1.82, 2.24) is 10.3 Å². The molecule has 0 saturated heterocycles. The van der Waals surface area contributed by atoms with Crippen molar-refractivity contribution >= 4 is 17.5 Å². The number of hydrogen-bond donors (Lipinski definition) is 2. The number of aryl methyl sites for hydroxylation is 1. The van der Waals surface area contributed by atoms with Gasteiger partial charge in [0.15, 0.2) is 0 Å². The van der Waals surface area contributed by atoms with Crippen LogP contribution in [0.2, 0.25) is 5.15 Å². The second-order valence-electron chi connectivity index (χ2n) is 4.90. The van der Waals surface area contributed by atoms with E-state index >= 15 is 0 Å². The van der Waals surface area contributed by atoms with Gasteiger partial charge in [-0.25, -0.2) is 4.98 Å². The number of aromatic nitrogens is 1. The molecule has 1 aromatic rings. The summed E-state index contributed by atoms with van der Waals surface area (Å²) < 4.78 is 0. The second-order valence-corrected chi connectivity index (χ2v) is 5.29. The zero-order chi connectivity index (χ0) is 13.2. The maximum Gasteiger partial charge on any atom is 0.270 e. The minimum atomic E-state index is -0.479. The van der Waals surface area contributed by atoms with E-state index in [1.54, 1.807) is 12.1 Å². The molecule has 0 radical (unpaired) electrons. The standard InChI is InChI=1S/C13H17ClN2O2/c1-9-4-5-10(14)15-11(9)12(18)16-13(8-17)6-2-3-7-13/h4-5,17H,2-3,6-8H2,1H3,(H,16,18). The molecule has 1 aromatic heterocycles. The van der Waals surface area contributed by atoms with Crippen LogP contribution in [0.15, 0.2) is 12.1 Å². The zero-order valence-electron chi connectivity index (χ0n) is 10.4. The first-order valence-corrected chi connectivity index (χ1v) is 6.51. The molecule has 1 heterocycles. The molecule has 2 rings (SSSR count). The van der Waals surface area contributed by atoms with Crippen molar-refractivity contribution in [3.63, 3.8) is 0 Å². The number of rotatable bonds is 3. The highest BCUT2D eigenvalue weighted by Crippen LogP contribution is 2.29. The van der Waals surface area contributed by atoms with E-state index in [9.17, 15) is 9.90 Å². The van der Waals surface area contributed by atoms with Crippen molar-refractivity contribution in [1.29, 1.82) is 0 Å². The van der Waals surface area contributed by atoms with Gasteiger partial charge in [0, 0.05) is 0 Å². The van der Waals surface area contributed by atoms with Crippen molar-refractivity contribution in [2.45, 2.75) is 38.1 Å². The van der Waals surface area contributed by atoms with Gasteiger partial charge in [-0.2, -0.15) is 0 Å². The van der Waals surface area contributed by atoms with Crippen LogP contribution in [0.5, 0.6) is 0 Å². The lowest BCUT2D eigenvalue weighted by atomic mass is 9.98. The number of halogens is 1. The molecule has 1 saturated carbocycles. The molecule has 18 heavy (non-hydrogen) atoms. The summed E-state index contributed by atoms with van der Waals surface area (Å²) in [6.45, 7) is 1.79. The van der Waals surface area contributed by atoms with E-state index in [-0.39, 0.29) is 12.5 Å². The summed E-state index contributed by atoms with van der Waals surface area (Å²) in [5.74, 6) is -0.258. The summed E-state index contributed by atoms with van der Waals surface area (Å²) in [5.41, 5.74) is 0.637. The smallest absolute Gasteiger partial charge is 0.270 e. The Balaban J connectivity index is 2.18. The molecule has 2 N–H and O–H groups in total. The molecule has 0 aromatic carbocycles. The average molecular weight is 269 g/mol. The molecule has 0 bridgehead atoms. The predicted octanol–water partition coefficient (Wildman–Crippen LogP) is 2.08. The summed E-state index contributed by atoms with van der Waals surface area (Å²) in [5, 5.41) is 12.7. The lowest BCUT2D eigenvalue weighted by Gasteiger charge is -2.28. The first-order chi connectivity index (χ1) is 8.56. The van der Waals surface area contributed by atoms with Gasteiger partial charge in [-0.3, -0.25) is 4.79 Å². The van der Waals surface area contributed by atoms with Crippen LogP contribution in [-0.2, 0) is 0 Å². The quantitative estimate of drug-likeness (QED) is 0.825. The number of amides is 1. The highest BCUT2D eigenvalue weighted by Gasteiger charge is 2.35. The molecule has 0 spiro atoms. The molecule has 4 nitrogen and oxygen atoms in total. The molecule has 1 fully saturated rings. The van der Waals surface area contributed by atoms with Crippen LogP contribution in [0.25, 0.3) is 0 Å². The Kier molecular flexibility index (Phi) is 3.88. The van der Waals surface area contributed by atoms with E-state index in [2.05, 4.69) is 10.3 Å². The molecular weight excluding hydrogens is 252 g/mol. The molecule has 0 unspecified atom stereocenters. The van der Waals surface area contributed by atoms with Gasteiger partial charge in [-0.15, -0.1) is 0 Å². The third kappa shape index (κ3) is 2.65. The van der Waals surface area contributed by atoms with Crippen LogP contribution in [0.3, 0.4) is 0 Å². The number of carbonyl (C=O) groups excluding carboxylic acids is 1. The van der Waals surface area contributed by atoms with E-state index in [0.29, 0.717) is 10.8 Å². The van der Waals surface area contributed by atoms with Crippen LogP contribution in [0.1, 0.15) is 41.7 Å². The molecular formula is C13H17ClN2O2. The van der Waals surface area contributed by atoms with Crippen LogP contribution < -0.4 is 5.32 Å². The Morgan fingerprint density at radius 3 is 2.78 bits per heavy atom. The molecule has 1 aliphatic rings. The normalized spacial score (nSPS) is 17.7. The summed E-state index contributed by atoms with van der Waals surface area (Å²) in [7, 11) is 0. The number of hydrogen-bond acceptors (Lipinski definition) is 3. The van der Waals surface area contributed by atoms with E-state index in [0.717, 1.165) is 31.2 Å². The topological polar surface area (TPSA) is 62.2 Å². The second kappa shape index (κ2) is 5.24.